The Bertz CT molecular complexity index is 346. The fraction of sp³-hybridized carbons (Fsp3) is 1.00. The summed E-state index contributed by atoms with van der Waals surface area (Å²) in [5, 5.41) is 3.45. The highest BCUT2D eigenvalue weighted by Gasteiger charge is 2.36. The second-order valence-corrected chi connectivity index (χ2v) is 8.17. The van der Waals surface area contributed by atoms with Crippen LogP contribution in [0.25, 0.3) is 0 Å². The topological polar surface area (TPSA) is 46.2 Å². The molecule has 2 unspecified atom stereocenters. The highest BCUT2D eigenvalue weighted by atomic mass is 32.2. The Kier molecular flexibility index (Phi) is 4.14. The Balaban J connectivity index is 1.93. The second kappa shape index (κ2) is 5.27. The molecule has 2 saturated carbocycles. The van der Waals surface area contributed by atoms with Crippen molar-refractivity contribution in [2.24, 2.45) is 5.92 Å². The zero-order chi connectivity index (χ0) is 12.5. The van der Waals surface area contributed by atoms with Crippen molar-refractivity contribution in [3.05, 3.63) is 0 Å². The van der Waals surface area contributed by atoms with Crippen molar-refractivity contribution in [2.75, 3.05) is 6.26 Å². The third-order valence-corrected chi connectivity index (χ3v) is 6.25. The Morgan fingerprint density at radius 2 is 1.71 bits per heavy atom. The van der Waals surface area contributed by atoms with Gasteiger partial charge in [-0.25, -0.2) is 8.42 Å². The Hall–Kier alpha value is -0.0900. The Morgan fingerprint density at radius 3 is 2.29 bits per heavy atom. The molecule has 3 atom stereocenters. The minimum absolute atomic E-state index is 0.147. The zero-order valence-electron chi connectivity index (χ0n) is 11.0. The van der Waals surface area contributed by atoms with Crippen molar-refractivity contribution in [2.45, 2.75) is 69.2 Å². The van der Waals surface area contributed by atoms with Gasteiger partial charge in [-0.3, -0.25) is 0 Å². The Labute approximate surface area is 105 Å². The average Bonchev–Trinajstić information content (AvgIpc) is 2.85. The standard InChI is InChI=1S/C13H25NO2S/c1-10(11-6-3-4-7-11)14-12-8-5-9-13(12)17(2,15)16/h10-14H,3-9H2,1-2H3/t10-,12?,13?/m1/s1. The van der Waals surface area contributed by atoms with Gasteiger partial charge in [0, 0.05) is 18.3 Å². The van der Waals surface area contributed by atoms with Crippen LogP contribution in [0.5, 0.6) is 0 Å². The van der Waals surface area contributed by atoms with Gasteiger partial charge < -0.3 is 5.32 Å². The highest BCUT2D eigenvalue weighted by molar-refractivity contribution is 7.91. The molecule has 3 nitrogen and oxygen atoms in total. The zero-order valence-corrected chi connectivity index (χ0v) is 11.8. The predicted octanol–water partition coefficient (Wildman–Crippen LogP) is 2.12. The molecule has 0 aromatic heterocycles. The van der Waals surface area contributed by atoms with Gasteiger partial charge in [-0.05, 0) is 38.5 Å². The van der Waals surface area contributed by atoms with E-state index in [4.69, 9.17) is 0 Å². The van der Waals surface area contributed by atoms with Crippen molar-refractivity contribution in [3.63, 3.8) is 0 Å². The minimum Gasteiger partial charge on any atom is -0.310 e. The van der Waals surface area contributed by atoms with Gasteiger partial charge in [0.2, 0.25) is 0 Å². The van der Waals surface area contributed by atoms with E-state index in [2.05, 4.69) is 12.2 Å². The quantitative estimate of drug-likeness (QED) is 0.841. The van der Waals surface area contributed by atoms with Crippen molar-refractivity contribution >= 4 is 9.84 Å². The number of hydrogen-bond acceptors (Lipinski definition) is 3. The Morgan fingerprint density at radius 1 is 1.06 bits per heavy atom. The first-order chi connectivity index (χ1) is 7.98. The van der Waals surface area contributed by atoms with Crippen LogP contribution >= 0.6 is 0 Å². The maximum absolute atomic E-state index is 11.7. The van der Waals surface area contributed by atoms with Crippen LogP contribution in [0.1, 0.15) is 51.9 Å². The van der Waals surface area contributed by atoms with Crippen LogP contribution < -0.4 is 5.32 Å². The van der Waals surface area contributed by atoms with Crippen molar-refractivity contribution in [1.82, 2.24) is 5.32 Å². The van der Waals surface area contributed by atoms with Crippen LogP contribution in [0.15, 0.2) is 0 Å². The summed E-state index contributed by atoms with van der Waals surface area (Å²) in [6.45, 7) is 2.23. The van der Waals surface area contributed by atoms with Crippen LogP contribution in [-0.2, 0) is 9.84 Å². The summed E-state index contributed by atoms with van der Waals surface area (Å²) < 4.78 is 23.4. The average molecular weight is 259 g/mol. The van der Waals surface area contributed by atoms with E-state index in [-0.39, 0.29) is 11.3 Å². The number of sulfone groups is 1. The molecule has 2 aliphatic carbocycles. The van der Waals surface area contributed by atoms with E-state index < -0.39 is 9.84 Å². The monoisotopic (exact) mass is 259 g/mol. The molecule has 2 aliphatic rings. The molecule has 2 fully saturated rings. The minimum atomic E-state index is -2.88. The van der Waals surface area contributed by atoms with Gasteiger partial charge in [-0.2, -0.15) is 0 Å². The SMILES string of the molecule is C[C@@H](NC1CCCC1S(C)(=O)=O)C1CCCC1. The third-order valence-electron chi connectivity index (χ3n) is 4.59. The molecule has 2 rings (SSSR count). The lowest BCUT2D eigenvalue weighted by atomic mass is 9.99. The van der Waals surface area contributed by atoms with Crippen LogP contribution in [-0.4, -0.2) is 32.0 Å². The lowest BCUT2D eigenvalue weighted by molar-refractivity contribution is 0.342. The molecule has 17 heavy (non-hydrogen) atoms. The molecule has 0 bridgehead atoms. The molecule has 0 spiro atoms. The first-order valence-corrected chi connectivity index (χ1v) is 8.89. The summed E-state index contributed by atoms with van der Waals surface area (Å²) in [6, 6.07) is 0.672. The molecule has 0 saturated heterocycles. The number of hydrogen-bond donors (Lipinski definition) is 1. The van der Waals surface area contributed by atoms with E-state index in [9.17, 15) is 8.42 Å². The second-order valence-electron chi connectivity index (χ2n) is 5.91. The number of rotatable bonds is 4. The normalized spacial score (nSPS) is 33.1. The fourth-order valence-corrected chi connectivity index (χ4v) is 4.97. The van der Waals surface area contributed by atoms with Gasteiger partial charge in [0.25, 0.3) is 0 Å². The van der Waals surface area contributed by atoms with Gasteiger partial charge in [-0.1, -0.05) is 19.3 Å². The van der Waals surface area contributed by atoms with E-state index in [1.165, 1.54) is 31.9 Å². The molecule has 0 radical (unpaired) electrons. The molecule has 1 N–H and O–H groups in total. The van der Waals surface area contributed by atoms with E-state index in [0.717, 1.165) is 25.2 Å². The third kappa shape index (κ3) is 3.22. The van der Waals surface area contributed by atoms with E-state index in [1.54, 1.807) is 0 Å². The maximum Gasteiger partial charge on any atom is 0.151 e. The van der Waals surface area contributed by atoms with Crippen LogP contribution in [0.3, 0.4) is 0 Å². The van der Waals surface area contributed by atoms with E-state index >= 15 is 0 Å². The fourth-order valence-electron chi connectivity index (χ4n) is 3.56. The van der Waals surface area contributed by atoms with E-state index in [0.29, 0.717) is 6.04 Å². The van der Waals surface area contributed by atoms with Gasteiger partial charge >= 0.3 is 0 Å². The van der Waals surface area contributed by atoms with Gasteiger partial charge in [0.1, 0.15) is 0 Å². The summed E-state index contributed by atoms with van der Waals surface area (Å²) in [4.78, 5) is 0. The van der Waals surface area contributed by atoms with E-state index in [1.807, 2.05) is 0 Å². The molecule has 0 aromatic rings. The van der Waals surface area contributed by atoms with Crippen molar-refractivity contribution < 1.29 is 8.42 Å². The molecule has 0 heterocycles. The smallest absolute Gasteiger partial charge is 0.151 e. The van der Waals surface area contributed by atoms with Crippen LogP contribution in [0, 0.1) is 5.92 Å². The predicted molar refractivity (Wildman–Crippen MR) is 70.8 cm³/mol. The largest absolute Gasteiger partial charge is 0.310 e. The highest BCUT2D eigenvalue weighted by Crippen LogP contribution is 2.30. The van der Waals surface area contributed by atoms with Crippen molar-refractivity contribution in [3.8, 4) is 0 Å². The molecule has 0 aromatic carbocycles. The molecule has 0 aliphatic heterocycles. The molecular formula is C13H25NO2S. The lowest BCUT2D eigenvalue weighted by Gasteiger charge is -2.27. The molecule has 4 heteroatoms. The van der Waals surface area contributed by atoms with Gasteiger partial charge in [0.15, 0.2) is 9.84 Å². The summed E-state index contributed by atoms with van der Waals surface area (Å²) in [5.74, 6) is 0.760. The summed E-state index contributed by atoms with van der Waals surface area (Å²) >= 11 is 0. The summed E-state index contributed by atoms with van der Waals surface area (Å²) in [7, 11) is -2.88. The maximum atomic E-state index is 11.7. The summed E-state index contributed by atoms with van der Waals surface area (Å²) in [6.07, 6.45) is 9.61. The lowest BCUT2D eigenvalue weighted by Crippen LogP contribution is -2.46. The van der Waals surface area contributed by atoms with Gasteiger partial charge in [-0.15, -0.1) is 0 Å². The van der Waals surface area contributed by atoms with Gasteiger partial charge in [0.05, 0.1) is 5.25 Å². The first-order valence-electron chi connectivity index (χ1n) is 6.93. The molecule has 0 amide bonds. The first kappa shape index (κ1) is 13.3. The molecule has 100 valence electrons. The molecular weight excluding hydrogens is 234 g/mol. The van der Waals surface area contributed by atoms with Crippen LogP contribution in [0.4, 0.5) is 0 Å². The van der Waals surface area contributed by atoms with Crippen LogP contribution in [0.2, 0.25) is 0 Å². The van der Waals surface area contributed by atoms with Crippen molar-refractivity contribution in [1.29, 1.82) is 0 Å². The summed E-state index contributed by atoms with van der Waals surface area (Å²) in [5.41, 5.74) is 0. The number of nitrogens with one attached hydrogen (secondary N) is 1.